The number of aliphatic hydroxyl groups is 1. The molecule has 234 valence electrons. The number of rotatable bonds is 7. The Morgan fingerprint density at radius 3 is 2.42 bits per heavy atom. The van der Waals surface area contributed by atoms with E-state index in [9.17, 15) is 37.1 Å². The second-order valence-corrected chi connectivity index (χ2v) is 10.9. The number of carbonyl (C=O) groups excluding carboxylic acids is 3. The van der Waals surface area contributed by atoms with Crippen LogP contribution in [0.4, 0.5) is 28.0 Å². The Morgan fingerprint density at radius 2 is 1.80 bits per heavy atom. The minimum absolute atomic E-state index is 0.0251. The molecule has 0 aliphatic carbocycles. The van der Waals surface area contributed by atoms with E-state index in [1.54, 1.807) is 0 Å². The summed E-state index contributed by atoms with van der Waals surface area (Å²) in [7, 11) is 0. The Labute approximate surface area is 256 Å². The summed E-state index contributed by atoms with van der Waals surface area (Å²) in [4.78, 5) is 45.3. The van der Waals surface area contributed by atoms with Crippen LogP contribution >= 0.6 is 11.6 Å². The third kappa shape index (κ3) is 5.67. The van der Waals surface area contributed by atoms with Gasteiger partial charge in [-0.05, 0) is 55.5 Å². The molecule has 0 unspecified atom stereocenters. The molecular formula is C29H23ClF4N6O5. The number of carbonyl (C=O) groups is 3. The highest BCUT2D eigenvalue weighted by Gasteiger charge is 2.57. The van der Waals surface area contributed by atoms with Crippen LogP contribution < -0.4 is 26.8 Å². The predicted octanol–water partition coefficient (Wildman–Crippen LogP) is 3.90. The number of pyridine rings is 2. The molecule has 2 atom stereocenters. The van der Waals surface area contributed by atoms with Crippen molar-refractivity contribution in [2.45, 2.75) is 24.1 Å². The average molecular weight is 647 g/mol. The molecule has 0 saturated carbocycles. The molecule has 11 nitrogen and oxygen atoms in total. The fourth-order valence-corrected chi connectivity index (χ4v) is 5.00. The minimum Gasteiger partial charge on any atom is -0.489 e. The van der Waals surface area contributed by atoms with Gasteiger partial charge in [0.2, 0.25) is 11.5 Å². The molecule has 5 rings (SSSR count). The van der Waals surface area contributed by atoms with Crippen molar-refractivity contribution < 1.29 is 41.8 Å². The molecule has 2 aromatic heterocycles. The number of nitrogens with zero attached hydrogens (tertiary/aromatic N) is 2. The van der Waals surface area contributed by atoms with Crippen molar-refractivity contribution in [1.29, 1.82) is 0 Å². The lowest BCUT2D eigenvalue weighted by Crippen LogP contribution is -2.51. The summed E-state index contributed by atoms with van der Waals surface area (Å²) in [5.41, 5.74) is 4.12. The molecule has 2 aromatic carbocycles. The molecule has 0 radical (unpaired) electrons. The van der Waals surface area contributed by atoms with Gasteiger partial charge in [0.25, 0.3) is 5.91 Å². The summed E-state index contributed by atoms with van der Waals surface area (Å²) in [6.07, 6.45) is -4.15. The van der Waals surface area contributed by atoms with E-state index in [1.165, 1.54) is 37.4 Å². The summed E-state index contributed by atoms with van der Waals surface area (Å²) in [5.74, 6) is -2.71. The van der Waals surface area contributed by atoms with Gasteiger partial charge in [-0.15, -0.1) is 0 Å². The van der Waals surface area contributed by atoms with E-state index >= 15 is 0 Å². The maximum Gasteiger partial charge on any atom is 0.424 e. The van der Waals surface area contributed by atoms with Crippen molar-refractivity contribution in [3.63, 3.8) is 0 Å². The average Bonchev–Trinajstić information content (AvgIpc) is 3.32. The van der Waals surface area contributed by atoms with Crippen molar-refractivity contribution in [2.75, 3.05) is 18.5 Å². The monoisotopic (exact) mass is 646 g/mol. The number of urea groups is 1. The van der Waals surface area contributed by atoms with Crippen LogP contribution in [-0.2, 0) is 15.8 Å². The van der Waals surface area contributed by atoms with Gasteiger partial charge in [0, 0.05) is 28.3 Å². The summed E-state index contributed by atoms with van der Waals surface area (Å²) in [5, 5.41) is 16.0. The summed E-state index contributed by atoms with van der Waals surface area (Å²) < 4.78 is 63.4. The van der Waals surface area contributed by atoms with Gasteiger partial charge in [-0.3, -0.25) is 14.6 Å². The molecule has 0 bridgehead atoms. The number of alkyl halides is 3. The normalized spacial score (nSPS) is 17.2. The quantitative estimate of drug-likeness (QED) is 0.189. The number of fused-ring (bicyclic) bond motifs is 2. The van der Waals surface area contributed by atoms with Crippen LogP contribution in [0.3, 0.4) is 0 Å². The zero-order valence-corrected chi connectivity index (χ0v) is 23.9. The van der Waals surface area contributed by atoms with Crippen molar-refractivity contribution in [3.8, 4) is 17.0 Å². The number of nitrogens with two attached hydrogens (primary N) is 2. The van der Waals surface area contributed by atoms with Gasteiger partial charge in [-0.25, -0.2) is 14.2 Å². The van der Waals surface area contributed by atoms with Gasteiger partial charge in [-0.2, -0.15) is 13.2 Å². The third-order valence-corrected chi connectivity index (χ3v) is 7.61. The highest BCUT2D eigenvalue weighted by atomic mass is 35.5. The number of hydrogen-bond donors (Lipinski definition) is 5. The lowest BCUT2D eigenvalue weighted by Gasteiger charge is -2.31. The molecule has 1 aliphatic rings. The summed E-state index contributed by atoms with van der Waals surface area (Å²) >= 11 is 6.00. The van der Waals surface area contributed by atoms with Crippen LogP contribution in [0.1, 0.15) is 28.5 Å². The lowest BCUT2D eigenvalue weighted by atomic mass is 9.81. The van der Waals surface area contributed by atoms with E-state index in [0.29, 0.717) is 0 Å². The van der Waals surface area contributed by atoms with E-state index in [1.807, 2.05) is 0 Å². The van der Waals surface area contributed by atoms with Crippen LogP contribution in [0.5, 0.6) is 5.75 Å². The Morgan fingerprint density at radius 1 is 1.11 bits per heavy atom. The number of primary amides is 2. The van der Waals surface area contributed by atoms with Crippen molar-refractivity contribution in [2.24, 2.45) is 11.5 Å². The van der Waals surface area contributed by atoms with Crippen LogP contribution in [0.2, 0.25) is 5.02 Å². The van der Waals surface area contributed by atoms with Crippen LogP contribution in [0, 0.1) is 5.82 Å². The SMILES string of the molecule is C[C@]1(C(N)=O)COc2c1cc([C@@](O)(CNC(=O)c1cc(NC(N)=O)c3ncc(Cl)cc3c1)C(F)(F)F)nc2-c1ccc(F)cc1. The van der Waals surface area contributed by atoms with Gasteiger partial charge >= 0.3 is 12.2 Å². The first-order chi connectivity index (χ1) is 21.0. The Kier molecular flexibility index (Phi) is 7.79. The van der Waals surface area contributed by atoms with Gasteiger partial charge in [0.05, 0.1) is 28.5 Å². The first-order valence-electron chi connectivity index (χ1n) is 13.0. The molecule has 4 aromatic rings. The number of hydrogen-bond acceptors (Lipinski definition) is 7. The number of ether oxygens (including phenoxy) is 1. The highest BCUT2D eigenvalue weighted by Crippen LogP contribution is 2.47. The Hall–Kier alpha value is -5.02. The van der Waals surface area contributed by atoms with E-state index < -0.39 is 53.1 Å². The van der Waals surface area contributed by atoms with Gasteiger partial charge in [0.1, 0.15) is 29.3 Å². The molecule has 7 N–H and O–H groups in total. The van der Waals surface area contributed by atoms with Gasteiger partial charge in [0.15, 0.2) is 0 Å². The topological polar surface area (TPSA) is 183 Å². The third-order valence-electron chi connectivity index (χ3n) is 7.40. The first-order valence-corrected chi connectivity index (χ1v) is 13.4. The van der Waals surface area contributed by atoms with Crippen molar-refractivity contribution >= 4 is 46.0 Å². The molecule has 3 heterocycles. The fourth-order valence-electron chi connectivity index (χ4n) is 4.83. The zero-order valence-electron chi connectivity index (χ0n) is 23.1. The second-order valence-electron chi connectivity index (χ2n) is 10.5. The Balaban J connectivity index is 1.59. The maximum absolute atomic E-state index is 14.7. The largest absolute Gasteiger partial charge is 0.489 e. The maximum atomic E-state index is 14.7. The van der Waals surface area contributed by atoms with Gasteiger partial charge < -0.3 is 31.9 Å². The number of aromatic nitrogens is 2. The van der Waals surface area contributed by atoms with E-state index in [4.69, 9.17) is 27.8 Å². The fraction of sp³-hybridized carbons (Fsp3) is 0.207. The molecule has 0 saturated heterocycles. The number of halogens is 5. The number of amides is 4. The molecule has 4 amide bonds. The van der Waals surface area contributed by atoms with Crippen LogP contribution in [-0.4, -0.2) is 52.2 Å². The zero-order chi connectivity index (χ0) is 32.9. The molecular weight excluding hydrogens is 624 g/mol. The van der Waals surface area contributed by atoms with E-state index in [-0.39, 0.29) is 56.4 Å². The number of benzene rings is 2. The summed E-state index contributed by atoms with van der Waals surface area (Å²) in [6.45, 7) is -0.421. The molecule has 1 aliphatic heterocycles. The minimum atomic E-state index is -5.43. The van der Waals surface area contributed by atoms with E-state index in [2.05, 4.69) is 20.6 Å². The standard InChI is InChI=1S/C29H23ClF4N6O5/c1-27(25(35)42)12-45-23-18(27)9-20(40-22(23)13-2-4-17(31)5-3-13)28(44,29(32,33)34)11-38-24(41)15-6-14-7-16(30)10-37-21(14)19(8-15)39-26(36)43/h2-10,44H,11-12H2,1H3,(H2,35,42)(H,38,41)(H3,36,39,43)/t27-,28-/m0/s1. The molecule has 16 heteroatoms. The number of anilines is 1. The lowest BCUT2D eigenvalue weighted by molar-refractivity contribution is -0.265. The van der Waals surface area contributed by atoms with Gasteiger partial charge in [-0.1, -0.05) is 11.6 Å². The summed E-state index contributed by atoms with van der Waals surface area (Å²) in [6, 6.07) is 8.20. The van der Waals surface area contributed by atoms with Crippen LogP contribution in [0.25, 0.3) is 22.2 Å². The number of nitrogens with one attached hydrogen (secondary N) is 2. The molecule has 45 heavy (non-hydrogen) atoms. The van der Waals surface area contributed by atoms with Crippen LogP contribution in [0.15, 0.2) is 54.7 Å². The van der Waals surface area contributed by atoms with Crippen molar-refractivity contribution in [3.05, 3.63) is 82.4 Å². The smallest absolute Gasteiger partial charge is 0.424 e. The van der Waals surface area contributed by atoms with E-state index in [0.717, 1.165) is 24.3 Å². The van der Waals surface area contributed by atoms with Crippen molar-refractivity contribution in [1.82, 2.24) is 15.3 Å². The molecule has 0 fully saturated rings. The Bertz CT molecular complexity index is 1870. The predicted molar refractivity (Wildman–Crippen MR) is 154 cm³/mol. The first kappa shape index (κ1) is 31.4. The molecule has 0 spiro atoms. The second kappa shape index (κ2) is 11.2. The highest BCUT2D eigenvalue weighted by molar-refractivity contribution is 6.31.